The minimum absolute atomic E-state index is 0.369. The molecule has 1 unspecified atom stereocenters. The normalized spacial score (nSPS) is 16.5. The summed E-state index contributed by atoms with van der Waals surface area (Å²) in [6, 6.07) is 14.4. The smallest absolute Gasteiger partial charge is 0.325 e. The number of hydrogen-bond donors (Lipinski definition) is 2. The minimum atomic E-state index is -0.771. The van der Waals surface area contributed by atoms with Crippen LogP contribution in [0.5, 0.6) is 5.75 Å². The van der Waals surface area contributed by atoms with Crippen molar-refractivity contribution in [3.05, 3.63) is 60.2 Å². The second kappa shape index (κ2) is 7.04. The van der Waals surface area contributed by atoms with Crippen LogP contribution in [-0.4, -0.2) is 36.4 Å². The molecule has 0 bridgehead atoms. The number of imide groups is 1. The molecular weight excluding hydrogens is 322 g/mol. The van der Waals surface area contributed by atoms with Gasteiger partial charge in [-0.05, 0) is 17.7 Å². The summed E-state index contributed by atoms with van der Waals surface area (Å²) in [4.78, 5) is 37.7. The van der Waals surface area contributed by atoms with Crippen molar-refractivity contribution in [2.75, 3.05) is 19.0 Å². The lowest BCUT2D eigenvalue weighted by Gasteiger charge is -2.14. The fraction of sp³-hybridized carbons (Fsp3) is 0.167. The standard InChI is InChI=1S/C18H17N3O4/c1-25-14-10-6-5-9-13(14)19-15(22)11-21-17(23)16(20-18(21)24)12-7-3-2-4-8-12/h2-10,16H,11H2,1H3,(H,19,22)(H,20,24). The van der Waals surface area contributed by atoms with E-state index in [2.05, 4.69) is 10.6 Å². The summed E-state index contributed by atoms with van der Waals surface area (Å²) in [6.45, 7) is -0.369. The van der Waals surface area contributed by atoms with Crippen LogP contribution in [0, 0.1) is 0 Å². The fourth-order valence-electron chi connectivity index (χ4n) is 2.62. The zero-order valence-electron chi connectivity index (χ0n) is 13.6. The maximum Gasteiger partial charge on any atom is 0.325 e. The SMILES string of the molecule is COc1ccccc1NC(=O)CN1C(=O)NC(c2ccccc2)C1=O. The van der Waals surface area contributed by atoms with E-state index in [1.807, 2.05) is 6.07 Å². The van der Waals surface area contributed by atoms with Crippen molar-refractivity contribution < 1.29 is 19.1 Å². The van der Waals surface area contributed by atoms with Gasteiger partial charge in [0.15, 0.2) is 0 Å². The monoisotopic (exact) mass is 339 g/mol. The fourth-order valence-corrected chi connectivity index (χ4v) is 2.62. The molecule has 4 amide bonds. The van der Waals surface area contributed by atoms with E-state index >= 15 is 0 Å². The molecule has 7 heteroatoms. The highest BCUT2D eigenvalue weighted by molar-refractivity contribution is 6.08. The predicted molar refractivity (Wildman–Crippen MR) is 91.1 cm³/mol. The number of nitrogens with one attached hydrogen (secondary N) is 2. The van der Waals surface area contributed by atoms with Gasteiger partial charge in [0.1, 0.15) is 18.3 Å². The van der Waals surface area contributed by atoms with Gasteiger partial charge < -0.3 is 15.4 Å². The van der Waals surface area contributed by atoms with E-state index in [0.717, 1.165) is 4.90 Å². The maximum atomic E-state index is 12.5. The number of anilines is 1. The lowest BCUT2D eigenvalue weighted by molar-refractivity contribution is -0.130. The number of ether oxygens (including phenoxy) is 1. The quantitative estimate of drug-likeness (QED) is 0.815. The molecule has 2 aromatic rings. The molecule has 0 saturated carbocycles. The van der Waals surface area contributed by atoms with Crippen LogP contribution in [0.3, 0.4) is 0 Å². The first-order chi connectivity index (χ1) is 12.1. The third kappa shape index (κ3) is 3.45. The average Bonchev–Trinajstić information content (AvgIpc) is 2.91. The van der Waals surface area contributed by atoms with Gasteiger partial charge in [0.2, 0.25) is 5.91 Å². The van der Waals surface area contributed by atoms with Gasteiger partial charge in [-0.15, -0.1) is 0 Å². The zero-order chi connectivity index (χ0) is 17.8. The van der Waals surface area contributed by atoms with E-state index in [0.29, 0.717) is 17.0 Å². The third-order valence-corrected chi connectivity index (χ3v) is 3.84. The van der Waals surface area contributed by atoms with E-state index in [-0.39, 0.29) is 6.54 Å². The molecule has 0 radical (unpaired) electrons. The molecule has 25 heavy (non-hydrogen) atoms. The number of amides is 4. The van der Waals surface area contributed by atoms with E-state index in [1.165, 1.54) is 7.11 Å². The Kier molecular flexibility index (Phi) is 4.65. The van der Waals surface area contributed by atoms with Crippen molar-refractivity contribution >= 4 is 23.5 Å². The van der Waals surface area contributed by atoms with Crippen molar-refractivity contribution in [3.63, 3.8) is 0 Å². The van der Waals surface area contributed by atoms with Crippen LogP contribution in [0.25, 0.3) is 0 Å². The second-order valence-corrected chi connectivity index (χ2v) is 5.47. The number of urea groups is 1. The van der Waals surface area contributed by atoms with Crippen LogP contribution in [0.15, 0.2) is 54.6 Å². The number of nitrogens with zero attached hydrogens (tertiary/aromatic N) is 1. The number of rotatable bonds is 5. The summed E-state index contributed by atoms with van der Waals surface area (Å²) in [6.07, 6.45) is 0. The minimum Gasteiger partial charge on any atom is -0.495 e. The van der Waals surface area contributed by atoms with Crippen LogP contribution < -0.4 is 15.4 Å². The van der Waals surface area contributed by atoms with Gasteiger partial charge in [0.25, 0.3) is 5.91 Å². The Bertz CT molecular complexity index is 807. The highest BCUT2D eigenvalue weighted by atomic mass is 16.5. The molecule has 0 spiro atoms. The molecule has 1 atom stereocenters. The Morgan fingerprint density at radius 3 is 2.52 bits per heavy atom. The third-order valence-electron chi connectivity index (χ3n) is 3.84. The number of para-hydroxylation sites is 2. The van der Waals surface area contributed by atoms with Crippen LogP contribution >= 0.6 is 0 Å². The van der Waals surface area contributed by atoms with Crippen molar-refractivity contribution in [2.24, 2.45) is 0 Å². The summed E-state index contributed by atoms with van der Waals surface area (Å²) in [5.74, 6) is -0.441. The largest absolute Gasteiger partial charge is 0.495 e. The molecule has 1 saturated heterocycles. The van der Waals surface area contributed by atoms with Crippen molar-refractivity contribution in [1.29, 1.82) is 0 Å². The molecule has 0 aromatic heterocycles. The lowest BCUT2D eigenvalue weighted by Crippen LogP contribution is -2.38. The summed E-state index contributed by atoms with van der Waals surface area (Å²) >= 11 is 0. The Morgan fingerprint density at radius 1 is 1.12 bits per heavy atom. The molecule has 7 nitrogen and oxygen atoms in total. The molecule has 3 rings (SSSR count). The average molecular weight is 339 g/mol. The first kappa shape index (κ1) is 16.5. The molecule has 1 fully saturated rings. The summed E-state index contributed by atoms with van der Waals surface area (Å²) in [7, 11) is 1.49. The first-order valence-corrected chi connectivity index (χ1v) is 7.70. The van der Waals surface area contributed by atoms with Gasteiger partial charge in [-0.1, -0.05) is 42.5 Å². The van der Waals surface area contributed by atoms with E-state index < -0.39 is 23.9 Å². The van der Waals surface area contributed by atoms with Gasteiger partial charge in [0.05, 0.1) is 12.8 Å². The van der Waals surface area contributed by atoms with Crippen LogP contribution in [0.4, 0.5) is 10.5 Å². The molecule has 1 heterocycles. The van der Waals surface area contributed by atoms with Gasteiger partial charge in [-0.25, -0.2) is 4.79 Å². The lowest BCUT2D eigenvalue weighted by atomic mass is 10.1. The summed E-state index contributed by atoms with van der Waals surface area (Å²) < 4.78 is 5.16. The van der Waals surface area contributed by atoms with Crippen molar-refractivity contribution in [3.8, 4) is 5.75 Å². The Balaban J connectivity index is 1.69. The van der Waals surface area contributed by atoms with Crippen LogP contribution in [0.2, 0.25) is 0 Å². The predicted octanol–water partition coefficient (Wildman–Crippen LogP) is 1.93. The van der Waals surface area contributed by atoms with E-state index in [4.69, 9.17) is 4.74 Å². The molecule has 0 aliphatic carbocycles. The molecule has 2 aromatic carbocycles. The number of methoxy groups -OCH3 is 1. The Labute approximate surface area is 144 Å². The highest BCUT2D eigenvalue weighted by Gasteiger charge is 2.39. The molecule has 1 aliphatic rings. The van der Waals surface area contributed by atoms with Crippen LogP contribution in [-0.2, 0) is 9.59 Å². The van der Waals surface area contributed by atoms with E-state index in [9.17, 15) is 14.4 Å². The number of carbonyl (C=O) groups excluding carboxylic acids is 3. The second-order valence-electron chi connectivity index (χ2n) is 5.47. The number of carbonyl (C=O) groups is 3. The van der Waals surface area contributed by atoms with Gasteiger partial charge in [-0.3, -0.25) is 14.5 Å². The maximum absolute atomic E-state index is 12.5. The highest BCUT2D eigenvalue weighted by Crippen LogP contribution is 2.24. The van der Waals surface area contributed by atoms with E-state index in [1.54, 1.807) is 48.5 Å². The number of benzene rings is 2. The van der Waals surface area contributed by atoms with Crippen molar-refractivity contribution in [2.45, 2.75) is 6.04 Å². The van der Waals surface area contributed by atoms with Gasteiger partial charge in [0, 0.05) is 0 Å². The number of hydrogen-bond acceptors (Lipinski definition) is 4. The Morgan fingerprint density at radius 2 is 1.80 bits per heavy atom. The molecule has 128 valence electrons. The Hall–Kier alpha value is -3.35. The summed E-state index contributed by atoms with van der Waals surface area (Å²) in [5, 5.41) is 5.24. The first-order valence-electron chi connectivity index (χ1n) is 7.70. The molecular formula is C18H17N3O4. The summed E-state index contributed by atoms with van der Waals surface area (Å²) in [5.41, 5.74) is 1.15. The zero-order valence-corrected chi connectivity index (χ0v) is 13.6. The van der Waals surface area contributed by atoms with Gasteiger partial charge in [-0.2, -0.15) is 0 Å². The van der Waals surface area contributed by atoms with Crippen molar-refractivity contribution in [1.82, 2.24) is 10.2 Å². The molecule has 2 N–H and O–H groups in total. The van der Waals surface area contributed by atoms with Gasteiger partial charge >= 0.3 is 6.03 Å². The van der Waals surface area contributed by atoms with Crippen LogP contribution in [0.1, 0.15) is 11.6 Å². The topological polar surface area (TPSA) is 87.7 Å². The molecule has 1 aliphatic heterocycles.